The van der Waals surface area contributed by atoms with Crippen molar-refractivity contribution in [2.75, 3.05) is 13.1 Å². The maximum absolute atomic E-state index is 11.8. The van der Waals surface area contributed by atoms with Crippen molar-refractivity contribution in [1.82, 2.24) is 15.5 Å². The molecule has 1 saturated carbocycles. The van der Waals surface area contributed by atoms with Crippen molar-refractivity contribution in [3.05, 3.63) is 0 Å². The molecule has 0 aromatic rings. The third-order valence-electron chi connectivity index (χ3n) is 3.88. The summed E-state index contributed by atoms with van der Waals surface area (Å²) in [4.78, 5) is 36.0. The number of amides is 3. The van der Waals surface area contributed by atoms with Crippen LogP contribution in [-0.4, -0.2) is 53.1 Å². The predicted octanol–water partition coefficient (Wildman–Crippen LogP) is 0.160. The molecule has 3 amide bonds. The van der Waals surface area contributed by atoms with Gasteiger partial charge in [0.05, 0.1) is 12.5 Å². The number of carboxylic acids is 1. The van der Waals surface area contributed by atoms with Gasteiger partial charge >= 0.3 is 12.0 Å². The number of imide groups is 1. The summed E-state index contributed by atoms with van der Waals surface area (Å²) in [6.45, 7) is 2.61. The van der Waals surface area contributed by atoms with E-state index in [0.29, 0.717) is 19.4 Å². The van der Waals surface area contributed by atoms with Crippen LogP contribution in [0.2, 0.25) is 0 Å². The molecule has 7 nitrogen and oxygen atoms in total. The zero-order chi connectivity index (χ0) is 14.7. The molecule has 1 aliphatic heterocycles. The maximum atomic E-state index is 11.8. The van der Waals surface area contributed by atoms with Gasteiger partial charge in [0.15, 0.2) is 0 Å². The molecule has 0 bridgehead atoms. The molecule has 112 valence electrons. The Morgan fingerprint density at radius 3 is 2.50 bits per heavy atom. The van der Waals surface area contributed by atoms with Crippen LogP contribution in [0.1, 0.15) is 32.6 Å². The molecule has 2 rings (SSSR count). The number of nitrogens with one attached hydrogen (secondary N) is 2. The second-order valence-electron chi connectivity index (χ2n) is 5.67. The van der Waals surface area contributed by atoms with E-state index in [2.05, 4.69) is 10.6 Å². The minimum atomic E-state index is -0.773. The Labute approximate surface area is 117 Å². The van der Waals surface area contributed by atoms with Crippen LogP contribution in [0.15, 0.2) is 0 Å². The van der Waals surface area contributed by atoms with Crippen molar-refractivity contribution in [1.29, 1.82) is 0 Å². The zero-order valence-corrected chi connectivity index (χ0v) is 11.6. The third kappa shape index (κ3) is 4.19. The summed E-state index contributed by atoms with van der Waals surface area (Å²) < 4.78 is 0. The van der Waals surface area contributed by atoms with E-state index in [1.54, 1.807) is 0 Å². The van der Waals surface area contributed by atoms with E-state index in [1.807, 2.05) is 11.8 Å². The summed E-state index contributed by atoms with van der Waals surface area (Å²) >= 11 is 0. The standard InChI is InChI=1S/C13H21N3O4/c1-8-6-9(12(18)19)4-5-16(8)7-11(17)15-13(20)14-10-2-3-10/h8-10H,2-7H2,1H3,(H,18,19)(H2,14,15,17,20). The van der Waals surface area contributed by atoms with E-state index < -0.39 is 12.0 Å². The fraction of sp³-hybridized carbons (Fsp3) is 0.769. The number of aliphatic carboxylic acids is 1. The molecule has 20 heavy (non-hydrogen) atoms. The fourth-order valence-electron chi connectivity index (χ4n) is 2.48. The molecule has 2 atom stereocenters. The lowest BCUT2D eigenvalue weighted by atomic mass is 9.92. The molecule has 0 aromatic heterocycles. The lowest BCUT2D eigenvalue weighted by Crippen LogP contribution is -2.50. The van der Waals surface area contributed by atoms with Gasteiger partial charge in [-0.25, -0.2) is 4.79 Å². The molecular weight excluding hydrogens is 262 g/mol. The van der Waals surface area contributed by atoms with Gasteiger partial charge in [0.1, 0.15) is 0 Å². The van der Waals surface area contributed by atoms with Gasteiger partial charge in [0, 0.05) is 12.1 Å². The van der Waals surface area contributed by atoms with Crippen molar-refractivity contribution < 1.29 is 19.5 Å². The molecule has 2 aliphatic rings. The van der Waals surface area contributed by atoms with E-state index in [9.17, 15) is 14.4 Å². The SMILES string of the molecule is CC1CC(C(=O)O)CCN1CC(=O)NC(=O)NC1CC1. The number of hydrogen-bond acceptors (Lipinski definition) is 4. The van der Waals surface area contributed by atoms with Crippen LogP contribution < -0.4 is 10.6 Å². The van der Waals surface area contributed by atoms with E-state index in [4.69, 9.17) is 5.11 Å². The van der Waals surface area contributed by atoms with E-state index >= 15 is 0 Å². The van der Waals surface area contributed by atoms with Crippen molar-refractivity contribution >= 4 is 17.9 Å². The highest BCUT2D eigenvalue weighted by Gasteiger charge is 2.31. The zero-order valence-electron chi connectivity index (χ0n) is 11.6. The first-order chi connectivity index (χ1) is 9.45. The number of likely N-dealkylation sites (tertiary alicyclic amines) is 1. The Hall–Kier alpha value is -1.63. The predicted molar refractivity (Wildman–Crippen MR) is 71.1 cm³/mol. The number of hydrogen-bond donors (Lipinski definition) is 3. The summed E-state index contributed by atoms with van der Waals surface area (Å²) in [7, 11) is 0. The molecule has 7 heteroatoms. The van der Waals surface area contributed by atoms with Crippen LogP contribution in [-0.2, 0) is 9.59 Å². The summed E-state index contributed by atoms with van der Waals surface area (Å²) in [5.74, 6) is -1.45. The lowest BCUT2D eigenvalue weighted by molar-refractivity contribution is -0.144. The van der Waals surface area contributed by atoms with Crippen molar-refractivity contribution in [2.45, 2.75) is 44.7 Å². The topological polar surface area (TPSA) is 98.7 Å². The highest BCUT2D eigenvalue weighted by molar-refractivity contribution is 5.95. The van der Waals surface area contributed by atoms with Crippen LogP contribution in [0.5, 0.6) is 0 Å². The molecule has 2 unspecified atom stereocenters. The average molecular weight is 283 g/mol. The molecule has 3 N–H and O–H groups in total. The van der Waals surface area contributed by atoms with E-state index in [1.165, 1.54) is 0 Å². The van der Waals surface area contributed by atoms with Crippen LogP contribution >= 0.6 is 0 Å². The molecule has 0 aromatic carbocycles. The number of rotatable bonds is 4. The van der Waals surface area contributed by atoms with Gasteiger partial charge in [-0.2, -0.15) is 0 Å². The average Bonchev–Trinajstić information content (AvgIpc) is 3.15. The number of carboxylic acid groups (broad SMARTS) is 1. The normalized spacial score (nSPS) is 26.9. The Balaban J connectivity index is 1.73. The Bertz CT molecular complexity index is 408. The summed E-state index contributed by atoms with van der Waals surface area (Å²) in [6.07, 6.45) is 3.03. The summed E-state index contributed by atoms with van der Waals surface area (Å²) in [5.41, 5.74) is 0. The number of piperidine rings is 1. The first kappa shape index (κ1) is 14.8. The Morgan fingerprint density at radius 2 is 1.95 bits per heavy atom. The minimum absolute atomic E-state index is 0.0297. The lowest BCUT2D eigenvalue weighted by Gasteiger charge is -2.35. The van der Waals surface area contributed by atoms with E-state index in [-0.39, 0.29) is 30.5 Å². The van der Waals surface area contributed by atoms with Crippen LogP contribution in [0.3, 0.4) is 0 Å². The second-order valence-corrected chi connectivity index (χ2v) is 5.67. The Kier molecular flexibility index (Phi) is 4.59. The van der Waals surface area contributed by atoms with Crippen molar-refractivity contribution in [3.8, 4) is 0 Å². The largest absolute Gasteiger partial charge is 0.481 e. The number of carbonyl (C=O) groups is 3. The van der Waals surface area contributed by atoms with Gasteiger partial charge in [0.25, 0.3) is 0 Å². The summed E-state index contributed by atoms with van der Waals surface area (Å²) in [5, 5.41) is 14.0. The number of urea groups is 1. The molecule has 1 heterocycles. The summed E-state index contributed by atoms with van der Waals surface area (Å²) in [6, 6.07) is -0.194. The fourth-order valence-corrected chi connectivity index (χ4v) is 2.48. The molecule has 0 spiro atoms. The molecule has 2 fully saturated rings. The van der Waals surface area contributed by atoms with E-state index in [0.717, 1.165) is 12.8 Å². The number of nitrogens with zero attached hydrogens (tertiary/aromatic N) is 1. The second kappa shape index (κ2) is 6.21. The third-order valence-corrected chi connectivity index (χ3v) is 3.88. The van der Waals surface area contributed by atoms with Gasteiger partial charge in [-0.1, -0.05) is 0 Å². The first-order valence-corrected chi connectivity index (χ1v) is 7.03. The maximum Gasteiger partial charge on any atom is 0.321 e. The Morgan fingerprint density at radius 1 is 1.25 bits per heavy atom. The quantitative estimate of drug-likeness (QED) is 0.682. The van der Waals surface area contributed by atoms with Crippen LogP contribution in [0.25, 0.3) is 0 Å². The van der Waals surface area contributed by atoms with Crippen molar-refractivity contribution in [3.63, 3.8) is 0 Å². The van der Waals surface area contributed by atoms with Gasteiger partial charge in [-0.3, -0.25) is 19.8 Å². The highest BCUT2D eigenvalue weighted by Crippen LogP contribution is 2.22. The molecule has 0 radical (unpaired) electrons. The van der Waals surface area contributed by atoms with Gasteiger partial charge in [-0.05, 0) is 39.2 Å². The molecule has 1 saturated heterocycles. The van der Waals surface area contributed by atoms with Gasteiger partial charge in [-0.15, -0.1) is 0 Å². The molecule has 1 aliphatic carbocycles. The smallest absolute Gasteiger partial charge is 0.321 e. The number of carbonyl (C=O) groups excluding carboxylic acids is 2. The highest BCUT2D eigenvalue weighted by atomic mass is 16.4. The molecular formula is C13H21N3O4. The van der Waals surface area contributed by atoms with Crippen LogP contribution in [0, 0.1) is 5.92 Å². The van der Waals surface area contributed by atoms with Crippen molar-refractivity contribution in [2.24, 2.45) is 5.92 Å². The van der Waals surface area contributed by atoms with Gasteiger partial charge < -0.3 is 10.4 Å². The monoisotopic (exact) mass is 283 g/mol. The van der Waals surface area contributed by atoms with Crippen LogP contribution in [0.4, 0.5) is 4.79 Å². The van der Waals surface area contributed by atoms with Gasteiger partial charge in [0.2, 0.25) is 5.91 Å². The first-order valence-electron chi connectivity index (χ1n) is 7.03. The minimum Gasteiger partial charge on any atom is -0.481 e.